The lowest BCUT2D eigenvalue weighted by molar-refractivity contribution is 0.174. The van der Waals surface area contributed by atoms with Gasteiger partial charge < -0.3 is 9.47 Å². The van der Waals surface area contributed by atoms with Gasteiger partial charge in [0.1, 0.15) is 5.82 Å². The Labute approximate surface area is 115 Å². The van der Waals surface area contributed by atoms with Crippen molar-refractivity contribution in [1.29, 1.82) is 5.26 Å². The second kappa shape index (κ2) is 5.06. The summed E-state index contributed by atoms with van der Waals surface area (Å²) in [5.41, 5.74) is 1.74. The summed E-state index contributed by atoms with van der Waals surface area (Å²) in [6, 6.07) is 13.4. The second-order valence-electron chi connectivity index (χ2n) is 4.29. The zero-order valence-corrected chi connectivity index (χ0v) is 10.5. The van der Waals surface area contributed by atoms with E-state index in [1.807, 2.05) is 6.07 Å². The van der Waals surface area contributed by atoms with Crippen molar-refractivity contribution < 1.29 is 13.9 Å². The molecule has 0 fully saturated rings. The van der Waals surface area contributed by atoms with E-state index < -0.39 is 0 Å². The molecule has 98 valence electrons. The summed E-state index contributed by atoms with van der Waals surface area (Å²) < 4.78 is 23.7. The van der Waals surface area contributed by atoms with Crippen LogP contribution in [0.4, 0.5) is 4.39 Å². The second-order valence-corrected chi connectivity index (χ2v) is 4.29. The maximum Gasteiger partial charge on any atom is 0.231 e. The lowest BCUT2D eigenvalue weighted by Gasteiger charge is -2.01. The molecule has 0 spiro atoms. The van der Waals surface area contributed by atoms with Gasteiger partial charge in [-0.05, 0) is 41.5 Å². The monoisotopic (exact) mass is 267 g/mol. The summed E-state index contributed by atoms with van der Waals surface area (Å²) in [6.45, 7) is 0.206. The van der Waals surface area contributed by atoms with E-state index in [2.05, 4.69) is 6.07 Å². The van der Waals surface area contributed by atoms with Crippen LogP contribution in [0.3, 0.4) is 0 Å². The van der Waals surface area contributed by atoms with E-state index in [-0.39, 0.29) is 12.6 Å². The Morgan fingerprint density at radius 1 is 1.15 bits per heavy atom. The number of hydrogen-bond donors (Lipinski definition) is 0. The van der Waals surface area contributed by atoms with Crippen molar-refractivity contribution in [1.82, 2.24) is 0 Å². The number of benzene rings is 2. The first-order valence-electron chi connectivity index (χ1n) is 6.03. The van der Waals surface area contributed by atoms with E-state index in [9.17, 15) is 9.65 Å². The van der Waals surface area contributed by atoms with Gasteiger partial charge in [0.15, 0.2) is 11.5 Å². The van der Waals surface area contributed by atoms with Crippen molar-refractivity contribution in [2.75, 3.05) is 6.79 Å². The van der Waals surface area contributed by atoms with Gasteiger partial charge in [-0.1, -0.05) is 18.2 Å². The third kappa shape index (κ3) is 2.34. The molecule has 1 aliphatic rings. The molecule has 0 amide bonds. The summed E-state index contributed by atoms with van der Waals surface area (Å²) in [5.74, 6) is 0.969. The fraction of sp³-hybridized carbons (Fsp3) is 0.0625. The smallest absolute Gasteiger partial charge is 0.231 e. The Bertz CT molecular complexity index is 731. The fourth-order valence-electron chi connectivity index (χ4n) is 2.01. The standard InChI is InChI=1S/C16H10FNO2/c17-14-3-1-2-12(8-14)13(9-18)6-11-4-5-15-16(7-11)20-10-19-15/h1-8H,10H2/b13-6-. The zero-order chi connectivity index (χ0) is 13.9. The maximum atomic E-state index is 13.2. The highest BCUT2D eigenvalue weighted by Gasteiger charge is 2.13. The van der Waals surface area contributed by atoms with E-state index >= 15 is 0 Å². The fourth-order valence-corrected chi connectivity index (χ4v) is 2.01. The van der Waals surface area contributed by atoms with Crippen molar-refractivity contribution in [3.8, 4) is 17.6 Å². The Kier molecular flexibility index (Phi) is 3.10. The maximum absolute atomic E-state index is 13.2. The normalized spacial score (nSPS) is 13.1. The Morgan fingerprint density at radius 2 is 2.00 bits per heavy atom. The minimum atomic E-state index is -0.366. The molecule has 3 rings (SSSR count). The predicted molar refractivity (Wildman–Crippen MR) is 72.4 cm³/mol. The van der Waals surface area contributed by atoms with E-state index in [4.69, 9.17) is 9.47 Å². The Morgan fingerprint density at radius 3 is 2.80 bits per heavy atom. The molecule has 0 N–H and O–H groups in total. The molecule has 0 radical (unpaired) electrons. The summed E-state index contributed by atoms with van der Waals surface area (Å²) in [7, 11) is 0. The average Bonchev–Trinajstić information content (AvgIpc) is 2.92. The van der Waals surface area contributed by atoms with Crippen LogP contribution >= 0.6 is 0 Å². The van der Waals surface area contributed by atoms with Crippen LogP contribution in [0.2, 0.25) is 0 Å². The first kappa shape index (κ1) is 12.2. The number of rotatable bonds is 2. The van der Waals surface area contributed by atoms with E-state index in [1.165, 1.54) is 12.1 Å². The highest BCUT2D eigenvalue weighted by atomic mass is 19.1. The van der Waals surface area contributed by atoms with E-state index in [0.717, 1.165) is 5.56 Å². The van der Waals surface area contributed by atoms with Crippen molar-refractivity contribution in [3.63, 3.8) is 0 Å². The van der Waals surface area contributed by atoms with Gasteiger partial charge in [0.05, 0.1) is 11.6 Å². The highest BCUT2D eigenvalue weighted by molar-refractivity contribution is 5.89. The van der Waals surface area contributed by atoms with Gasteiger partial charge in [-0.25, -0.2) is 4.39 Å². The molecule has 0 bridgehead atoms. The van der Waals surface area contributed by atoms with E-state index in [0.29, 0.717) is 22.6 Å². The van der Waals surface area contributed by atoms with Gasteiger partial charge in [-0.2, -0.15) is 5.26 Å². The van der Waals surface area contributed by atoms with Crippen LogP contribution < -0.4 is 9.47 Å². The molecule has 3 nitrogen and oxygen atoms in total. The molecule has 0 atom stereocenters. The summed E-state index contributed by atoms with van der Waals surface area (Å²) in [4.78, 5) is 0. The average molecular weight is 267 g/mol. The minimum absolute atomic E-state index is 0.206. The molecular formula is C16H10FNO2. The summed E-state index contributed by atoms with van der Waals surface area (Å²) >= 11 is 0. The largest absolute Gasteiger partial charge is 0.454 e. The zero-order valence-electron chi connectivity index (χ0n) is 10.5. The van der Waals surface area contributed by atoms with Gasteiger partial charge in [-0.15, -0.1) is 0 Å². The molecule has 2 aromatic rings. The molecule has 0 aromatic heterocycles. The highest BCUT2D eigenvalue weighted by Crippen LogP contribution is 2.33. The number of nitrogens with zero attached hydrogens (tertiary/aromatic N) is 1. The van der Waals surface area contributed by atoms with Crippen LogP contribution in [-0.2, 0) is 0 Å². The topological polar surface area (TPSA) is 42.2 Å². The summed E-state index contributed by atoms with van der Waals surface area (Å²) in [6.07, 6.45) is 1.69. The third-order valence-corrected chi connectivity index (χ3v) is 2.96. The van der Waals surface area contributed by atoms with Crippen LogP contribution in [0.25, 0.3) is 11.6 Å². The molecular weight excluding hydrogens is 257 g/mol. The van der Waals surface area contributed by atoms with Crippen LogP contribution in [0.15, 0.2) is 42.5 Å². The SMILES string of the molecule is N#C/C(=C/c1ccc2c(c1)OCO2)c1cccc(F)c1. The third-order valence-electron chi connectivity index (χ3n) is 2.96. The van der Waals surface area contributed by atoms with Crippen molar-refractivity contribution in [2.45, 2.75) is 0 Å². The minimum Gasteiger partial charge on any atom is -0.454 e. The van der Waals surface area contributed by atoms with Crippen LogP contribution in [0.5, 0.6) is 11.5 Å². The number of ether oxygens (including phenoxy) is 2. The molecule has 0 saturated carbocycles. The van der Waals surface area contributed by atoms with Gasteiger partial charge in [-0.3, -0.25) is 0 Å². The first-order chi connectivity index (χ1) is 9.76. The first-order valence-corrected chi connectivity index (χ1v) is 6.03. The number of allylic oxidation sites excluding steroid dienone is 1. The van der Waals surface area contributed by atoms with Crippen molar-refractivity contribution in [2.24, 2.45) is 0 Å². The number of fused-ring (bicyclic) bond motifs is 1. The lowest BCUT2D eigenvalue weighted by Crippen LogP contribution is -1.92. The van der Waals surface area contributed by atoms with Crippen molar-refractivity contribution >= 4 is 11.6 Å². The molecule has 1 aliphatic heterocycles. The molecule has 0 aliphatic carbocycles. The van der Waals surface area contributed by atoms with Gasteiger partial charge >= 0.3 is 0 Å². The van der Waals surface area contributed by atoms with Gasteiger partial charge in [0.25, 0.3) is 0 Å². The number of nitriles is 1. The molecule has 0 saturated heterocycles. The Balaban J connectivity index is 1.99. The van der Waals surface area contributed by atoms with Crippen LogP contribution in [0, 0.1) is 17.1 Å². The van der Waals surface area contributed by atoms with Crippen LogP contribution in [0.1, 0.15) is 11.1 Å². The Hall–Kier alpha value is -2.80. The number of halogens is 1. The van der Waals surface area contributed by atoms with E-state index in [1.54, 1.807) is 30.3 Å². The van der Waals surface area contributed by atoms with Crippen molar-refractivity contribution in [3.05, 3.63) is 59.4 Å². The van der Waals surface area contributed by atoms with Gasteiger partial charge in [0.2, 0.25) is 6.79 Å². The molecule has 20 heavy (non-hydrogen) atoms. The number of hydrogen-bond acceptors (Lipinski definition) is 3. The molecule has 1 heterocycles. The predicted octanol–water partition coefficient (Wildman–Crippen LogP) is 3.62. The molecule has 2 aromatic carbocycles. The summed E-state index contributed by atoms with van der Waals surface area (Å²) in [5, 5.41) is 9.23. The van der Waals surface area contributed by atoms with Gasteiger partial charge in [0, 0.05) is 0 Å². The van der Waals surface area contributed by atoms with Crippen LogP contribution in [-0.4, -0.2) is 6.79 Å². The lowest BCUT2D eigenvalue weighted by atomic mass is 10.0. The molecule has 4 heteroatoms. The quantitative estimate of drug-likeness (QED) is 0.616. The molecule has 0 unspecified atom stereocenters.